The molecule has 0 rings (SSSR count). The highest BCUT2D eigenvalue weighted by atomic mass is 16.5. The number of methoxy groups -OCH3 is 1. The number of nitrogens with zero attached hydrogens (tertiary/aromatic N) is 1. The first-order valence-electron chi connectivity index (χ1n) is 6.69. The Morgan fingerprint density at radius 2 is 2.00 bits per heavy atom. The Bertz CT molecular complexity index is 282. The monoisotopic (exact) mass is 274 g/mol. The lowest BCUT2D eigenvalue weighted by Gasteiger charge is -2.26. The number of carboxylic acid groups (broad SMARTS) is 1. The largest absolute Gasteiger partial charge is 0.480 e. The second-order valence-corrected chi connectivity index (χ2v) is 4.96. The fraction of sp³-hybridized carbons (Fsp3) is 0.846. The highest BCUT2D eigenvalue weighted by Crippen LogP contribution is 2.02. The van der Waals surface area contributed by atoms with Gasteiger partial charge in [-0.2, -0.15) is 0 Å². The number of ether oxygens (including phenoxy) is 1. The van der Waals surface area contributed by atoms with Crippen molar-refractivity contribution in [3.63, 3.8) is 0 Å². The minimum Gasteiger partial charge on any atom is -0.480 e. The van der Waals surface area contributed by atoms with Gasteiger partial charge in [-0.05, 0) is 12.3 Å². The summed E-state index contributed by atoms with van der Waals surface area (Å²) < 4.78 is 4.97. The van der Waals surface area contributed by atoms with Gasteiger partial charge in [0.2, 0.25) is 0 Å². The van der Waals surface area contributed by atoms with E-state index in [9.17, 15) is 9.59 Å². The molecule has 0 aliphatic rings. The first kappa shape index (κ1) is 17.7. The van der Waals surface area contributed by atoms with E-state index in [4.69, 9.17) is 9.84 Å². The Morgan fingerprint density at radius 1 is 1.37 bits per heavy atom. The van der Waals surface area contributed by atoms with Crippen LogP contribution in [0.2, 0.25) is 0 Å². The molecule has 2 N–H and O–H groups in total. The predicted octanol–water partition coefficient (Wildman–Crippen LogP) is 1.55. The molecule has 0 fully saturated rings. The van der Waals surface area contributed by atoms with Gasteiger partial charge in [0, 0.05) is 20.2 Å². The van der Waals surface area contributed by atoms with Crippen molar-refractivity contribution in [1.82, 2.24) is 10.2 Å². The van der Waals surface area contributed by atoms with Crippen LogP contribution in [0.4, 0.5) is 4.79 Å². The molecule has 0 aromatic carbocycles. The number of aliphatic carboxylic acids is 1. The van der Waals surface area contributed by atoms with Gasteiger partial charge in [0.1, 0.15) is 6.04 Å². The number of rotatable bonds is 9. The van der Waals surface area contributed by atoms with E-state index < -0.39 is 12.0 Å². The summed E-state index contributed by atoms with van der Waals surface area (Å²) in [5, 5.41) is 11.6. The van der Waals surface area contributed by atoms with Gasteiger partial charge >= 0.3 is 12.0 Å². The number of nitrogens with one attached hydrogen (secondary N) is 1. The number of carboxylic acids is 1. The van der Waals surface area contributed by atoms with Crippen LogP contribution in [-0.2, 0) is 9.53 Å². The summed E-state index contributed by atoms with van der Waals surface area (Å²) in [6.07, 6.45) is 1.14. The second-order valence-electron chi connectivity index (χ2n) is 4.96. The van der Waals surface area contributed by atoms with Crippen LogP contribution in [0, 0.1) is 5.92 Å². The van der Waals surface area contributed by atoms with E-state index in [0.29, 0.717) is 38.5 Å². The summed E-state index contributed by atoms with van der Waals surface area (Å²) in [5.41, 5.74) is 0. The van der Waals surface area contributed by atoms with Crippen molar-refractivity contribution in [2.75, 3.05) is 26.8 Å². The standard InChI is InChI=1S/C13H26N2O4/c1-5-6-11(12(16)17)14-13(18)15(7-8-19-4)9-10(2)3/h10-11H,5-9H2,1-4H3,(H,14,18)(H,16,17)/t11-/m1/s1. The second kappa shape index (κ2) is 9.61. The average Bonchev–Trinajstić information content (AvgIpc) is 2.33. The third kappa shape index (κ3) is 7.66. The summed E-state index contributed by atoms with van der Waals surface area (Å²) in [4.78, 5) is 24.7. The minimum absolute atomic E-state index is 0.317. The van der Waals surface area contributed by atoms with Crippen LogP contribution in [0.1, 0.15) is 33.6 Å². The zero-order valence-corrected chi connectivity index (χ0v) is 12.3. The molecule has 0 aliphatic heterocycles. The molecule has 6 nitrogen and oxygen atoms in total. The molecule has 0 unspecified atom stereocenters. The minimum atomic E-state index is -0.994. The Morgan fingerprint density at radius 3 is 2.42 bits per heavy atom. The third-order valence-corrected chi connectivity index (χ3v) is 2.61. The van der Waals surface area contributed by atoms with Gasteiger partial charge in [-0.3, -0.25) is 0 Å². The molecule has 19 heavy (non-hydrogen) atoms. The first-order chi connectivity index (χ1) is 8.92. The molecule has 0 spiro atoms. The van der Waals surface area contributed by atoms with Crippen LogP contribution >= 0.6 is 0 Å². The van der Waals surface area contributed by atoms with Crippen molar-refractivity contribution in [3.8, 4) is 0 Å². The van der Waals surface area contributed by atoms with Crippen molar-refractivity contribution in [2.24, 2.45) is 5.92 Å². The number of hydrogen-bond acceptors (Lipinski definition) is 3. The van der Waals surface area contributed by atoms with E-state index in [1.165, 1.54) is 0 Å². The molecule has 0 saturated carbocycles. The molecule has 112 valence electrons. The number of hydrogen-bond donors (Lipinski definition) is 2. The summed E-state index contributed by atoms with van der Waals surface area (Å²) in [7, 11) is 1.57. The Kier molecular flexibility index (Phi) is 8.95. The van der Waals surface area contributed by atoms with Gasteiger partial charge in [0.25, 0.3) is 0 Å². The highest BCUT2D eigenvalue weighted by Gasteiger charge is 2.22. The van der Waals surface area contributed by atoms with Crippen molar-refractivity contribution >= 4 is 12.0 Å². The lowest BCUT2D eigenvalue weighted by Crippen LogP contribution is -2.49. The zero-order chi connectivity index (χ0) is 14.8. The lowest BCUT2D eigenvalue weighted by atomic mass is 10.1. The molecule has 0 radical (unpaired) electrons. The first-order valence-corrected chi connectivity index (χ1v) is 6.69. The summed E-state index contributed by atoms with van der Waals surface area (Å²) in [5.74, 6) is -0.677. The molecule has 0 heterocycles. The Balaban J connectivity index is 4.54. The smallest absolute Gasteiger partial charge is 0.326 e. The van der Waals surface area contributed by atoms with Crippen LogP contribution in [0.15, 0.2) is 0 Å². The number of carbonyl (C=O) groups excluding carboxylic acids is 1. The molecule has 2 amide bonds. The molecule has 0 bridgehead atoms. The summed E-state index contributed by atoms with van der Waals surface area (Å²) >= 11 is 0. The van der Waals surface area contributed by atoms with E-state index in [0.717, 1.165) is 0 Å². The highest BCUT2D eigenvalue weighted by molar-refractivity contribution is 5.82. The average molecular weight is 274 g/mol. The van der Waals surface area contributed by atoms with Crippen LogP contribution in [-0.4, -0.2) is 54.9 Å². The van der Waals surface area contributed by atoms with Gasteiger partial charge in [-0.25, -0.2) is 9.59 Å². The lowest BCUT2D eigenvalue weighted by molar-refractivity contribution is -0.139. The normalized spacial score (nSPS) is 12.3. The Hall–Kier alpha value is -1.30. The summed E-state index contributed by atoms with van der Waals surface area (Å²) in [6, 6.07) is -1.17. The number of carbonyl (C=O) groups is 2. The fourth-order valence-corrected chi connectivity index (χ4v) is 1.70. The van der Waals surface area contributed by atoms with Gasteiger partial charge in [0.05, 0.1) is 6.61 Å². The Labute approximate surface area is 115 Å². The molecule has 0 aliphatic carbocycles. The predicted molar refractivity (Wildman–Crippen MR) is 73.2 cm³/mol. The van der Waals surface area contributed by atoms with Crippen LogP contribution in [0.3, 0.4) is 0 Å². The van der Waals surface area contributed by atoms with E-state index in [-0.39, 0.29) is 6.03 Å². The maximum atomic E-state index is 12.1. The molecule has 0 aromatic heterocycles. The molecule has 0 saturated heterocycles. The van der Waals surface area contributed by atoms with E-state index in [2.05, 4.69) is 5.32 Å². The van der Waals surface area contributed by atoms with Gasteiger partial charge in [-0.1, -0.05) is 27.2 Å². The maximum absolute atomic E-state index is 12.1. The van der Waals surface area contributed by atoms with Crippen LogP contribution in [0.5, 0.6) is 0 Å². The van der Waals surface area contributed by atoms with Crippen LogP contribution in [0.25, 0.3) is 0 Å². The molecular formula is C13H26N2O4. The third-order valence-electron chi connectivity index (χ3n) is 2.61. The zero-order valence-electron chi connectivity index (χ0n) is 12.3. The quantitative estimate of drug-likeness (QED) is 0.668. The molecule has 0 aromatic rings. The summed E-state index contributed by atoms with van der Waals surface area (Å²) in [6.45, 7) is 7.37. The van der Waals surface area contributed by atoms with E-state index in [1.807, 2.05) is 20.8 Å². The van der Waals surface area contributed by atoms with Crippen molar-refractivity contribution in [1.29, 1.82) is 0 Å². The maximum Gasteiger partial charge on any atom is 0.326 e. The fourth-order valence-electron chi connectivity index (χ4n) is 1.70. The SMILES string of the molecule is CCC[C@@H](NC(=O)N(CCOC)CC(C)C)C(=O)O. The van der Waals surface area contributed by atoms with Gasteiger partial charge < -0.3 is 20.1 Å². The molecule has 6 heteroatoms. The van der Waals surface area contributed by atoms with Gasteiger partial charge in [0.15, 0.2) is 0 Å². The van der Waals surface area contributed by atoms with Crippen molar-refractivity contribution in [3.05, 3.63) is 0 Å². The molecular weight excluding hydrogens is 248 g/mol. The number of amides is 2. The molecule has 1 atom stereocenters. The van der Waals surface area contributed by atoms with Crippen molar-refractivity contribution in [2.45, 2.75) is 39.7 Å². The topological polar surface area (TPSA) is 78.9 Å². The van der Waals surface area contributed by atoms with E-state index >= 15 is 0 Å². The van der Waals surface area contributed by atoms with E-state index in [1.54, 1.807) is 12.0 Å². The number of urea groups is 1. The van der Waals surface area contributed by atoms with Crippen molar-refractivity contribution < 1.29 is 19.4 Å². The van der Waals surface area contributed by atoms with Gasteiger partial charge in [-0.15, -0.1) is 0 Å². The van der Waals surface area contributed by atoms with Crippen LogP contribution < -0.4 is 5.32 Å².